The number of alkyl halides is 1. The first kappa shape index (κ1) is 10.7. The van der Waals surface area contributed by atoms with Gasteiger partial charge < -0.3 is 4.74 Å². The van der Waals surface area contributed by atoms with Gasteiger partial charge in [-0.3, -0.25) is 0 Å². The summed E-state index contributed by atoms with van der Waals surface area (Å²) in [6, 6.07) is 18.4. The number of halogens is 1. The summed E-state index contributed by atoms with van der Waals surface area (Å²) in [6.45, 7) is 0. The van der Waals surface area contributed by atoms with E-state index < -0.39 is 5.60 Å². The monoisotopic (exact) mass is 244 g/mol. The first-order valence-corrected chi connectivity index (χ1v) is 6.26. The van der Waals surface area contributed by atoms with Crippen molar-refractivity contribution in [2.24, 2.45) is 0 Å². The molecule has 17 heavy (non-hydrogen) atoms. The largest absolute Gasteiger partial charge is 0.481 e. The Labute approximate surface area is 106 Å². The van der Waals surface area contributed by atoms with Gasteiger partial charge in [0, 0.05) is 6.42 Å². The van der Waals surface area contributed by atoms with Crippen molar-refractivity contribution >= 4 is 11.6 Å². The lowest BCUT2D eigenvalue weighted by Crippen LogP contribution is -2.33. The number of ether oxygens (including phenoxy) is 1. The van der Waals surface area contributed by atoms with E-state index in [1.54, 1.807) is 0 Å². The first-order valence-electron chi connectivity index (χ1n) is 5.72. The second-order valence-corrected chi connectivity index (χ2v) is 4.65. The van der Waals surface area contributed by atoms with Crippen LogP contribution >= 0.6 is 11.6 Å². The molecule has 0 saturated carbocycles. The first-order chi connectivity index (χ1) is 8.34. The second-order valence-electron chi connectivity index (χ2n) is 4.38. The van der Waals surface area contributed by atoms with Gasteiger partial charge in [0.05, 0.1) is 5.88 Å². The summed E-state index contributed by atoms with van der Waals surface area (Å²) in [7, 11) is 0. The van der Waals surface area contributed by atoms with Crippen LogP contribution in [0.2, 0.25) is 0 Å². The van der Waals surface area contributed by atoms with Crippen molar-refractivity contribution in [3.05, 3.63) is 65.7 Å². The molecule has 0 amide bonds. The van der Waals surface area contributed by atoms with E-state index >= 15 is 0 Å². The van der Waals surface area contributed by atoms with Crippen molar-refractivity contribution < 1.29 is 4.74 Å². The summed E-state index contributed by atoms with van der Waals surface area (Å²) < 4.78 is 6.10. The highest BCUT2D eigenvalue weighted by Crippen LogP contribution is 2.41. The fraction of sp³-hybridized carbons (Fsp3) is 0.200. The normalized spacial score (nSPS) is 21.9. The molecular weight excluding hydrogens is 232 g/mol. The molecule has 0 bridgehead atoms. The van der Waals surface area contributed by atoms with E-state index in [4.69, 9.17) is 16.3 Å². The van der Waals surface area contributed by atoms with Gasteiger partial charge in [0.25, 0.3) is 0 Å². The topological polar surface area (TPSA) is 9.23 Å². The quantitative estimate of drug-likeness (QED) is 0.731. The lowest BCUT2D eigenvalue weighted by atomic mass is 9.91. The molecule has 2 aromatic carbocycles. The summed E-state index contributed by atoms with van der Waals surface area (Å²) in [5, 5.41) is 0. The van der Waals surface area contributed by atoms with E-state index in [1.807, 2.05) is 36.4 Å². The maximum atomic E-state index is 6.16. The van der Waals surface area contributed by atoms with Crippen LogP contribution in [0.15, 0.2) is 54.6 Å². The summed E-state index contributed by atoms with van der Waals surface area (Å²) in [4.78, 5) is 0. The van der Waals surface area contributed by atoms with Crippen LogP contribution < -0.4 is 4.74 Å². The van der Waals surface area contributed by atoms with Crippen LogP contribution in [-0.4, -0.2) is 5.88 Å². The van der Waals surface area contributed by atoms with Crippen molar-refractivity contribution in [2.75, 3.05) is 5.88 Å². The third-order valence-electron chi connectivity index (χ3n) is 3.27. The summed E-state index contributed by atoms with van der Waals surface area (Å²) in [5.74, 6) is 1.42. The number of para-hydroxylation sites is 1. The number of hydrogen-bond acceptors (Lipinski definition) is 1. The summed E-state index contributed by atoms with van der Waals surface area (Å²) >= 11 is 6.16. The lowest BCUT2D eigenvalue weighted by Gasteiger charge is -2.26. The van der Waals surface area contributed by atoms with Crippen LogP contribution in [0.1, 0.15) is 11.1 Å². The van der Waals surface area contributed by atoms with Crippen molar-refractivity contribution in [1.29, 1.82) is 0 Å². The van der Waals surface area contributed by atoms with E-state index in [0.717, 1.165) is 17.7 Å². The van der Waals surface area contributed by atoms with Crippen LogP contribution in [-0.2, 0) is 12.0 Å². The predicted octanol–water partition coefficient (Wildman–Crippen LogP) is 3.76. The van der Waals surface area contributed by atoms with E-state index in [-0.39, 0.29) is 0 Å². The summed E-state index contributed by atoms with van der Waals surface area (Å²) in [5.41, 5.74) is 1.98. The SMILES string of the molecule is ClCC1(c2ccccc2)Cc2ccccc2O1. The Kier molecular flexibility index (Phi) is 2.56. The molecule has 0 aromatic heterocycles. The Hall–Kier alpha value is -1.47. The zero-order valence-electron chi connectivity index (χ0n) is 9.40. The Morgan fingerprint density at radius 1 is 1.00 bits per heavy atom. The third-order valence-corrected chi connectivity index (χ3v) is 3.70. The van der Waals surface area contributed by atoms with Crippen LogP contribution in [0, 0.1) is 0 Å². The molecule has 86 valence electrons. The number of fused-ring (bicyclic) bond motifs is 1. The van der Waals surface area contributed by atoms with Crippen LogP contribution in [0.5, 0.6) is 5.75 Å². The molecule has 1 aliphatic heterocycles. The molecule has 0 N–H and O–H groups in total. The molecule has 1 aliphatic rings. The molecule has 0 radical (unpaired) electrons. The van der Waals surface area contributed by atoms with Gasteiger partial charge >= 0.3 is 0 Å². The van der Waals surface area contributed by atoms with E-state index in [1.165, 1.54) is 5.56 Å². The summed E-state index contributed by atoms with van der Waals surface area (Å²) in [6.07, 6.45) is 0.844. The van der Waals surface area contributed by atoms with Gasteiger partial charge in [0.15, 0.2) is 5.60 Å². The molecule has 1 nitrogen and oxygen atoms in total. The van der Waals surface area contributed by atoms with Crippen molar-refractivity contribution in [2.45, 2.75) is 12.0 Å². The Bertz CT molecular complexity index is 496. The average Bonchev–Trinajstić information content (AvgIpc) is 2.79. The van der Waals surface area contributed by atoms with Crippen molar-refractivity contribution in [1.82, 2.24) is 0 Å². The van der Waals surface area contributed by atoms with E-state index in [9.17, 15) is 0 Å². The smallest absolute Gasteiger partial charge is 0.152 e. The zero-order chi connectivity index (χ0) is 11.7. The van der Waals surface area contributed by atoms with Gasteiger partial charge in [-0.2, -0.15) is 0 Å². The minimum absolute atomic E-state index is 0.396. The van der Waals surface area contributed by atoms with Gasteiger partial charge in [0.2, 0.25) is 0 Å². The standard InChI is InChI=1S/C15H13ClO/c16-11-15(13-7-2-1-3-8-13)10-12-6-4-5-9-14(12)17-15/h1-9H,10-11H2. The predicted molar refractivity (Wildman–Crippen MR) is 69.6 cm³/mol. The number of benzene rings is 2. The second kappa shape index (κ2) is 4.08. The maximum absolute atomic E-state index is 6.16. The van der Waals surface area contributed by atoms with Crippen LogP contribution in [0.4, 0.5) is 0 Å². The Balaban J connectivity index is 2.03. The molecular formula is C15H13ClO. The van der Waals surface area contributed by atoms with Gasteiger partial charge in [-0.1, -0.05) is 48.5 Å². The molecule has 2 heteroatoms. The van der Waals surface area contributed by atoms with Crippen molar-refractivity contribution in [3.8, 4) is 5.75 Å². The minimum atomic E-state index is -0.396. The maximum Gasteiger partial charge on any atom is 0.152 e. The highest BCUT2D eigenvalue weighted by Gasteiger charge is 2.40. The molecule has 0 aliphatic carbocycles. The highest BCUT2D eigenvalue weighted by molar-refractivity contribution is 6.18. The third kappa shape index (κ3) is 1.71. The van der Waals surface area contributed by atoms with Crippen LogP contribution in [0.25, 0.3) is 0 Å². The van der Waals surface area contributed by atoms with E-state index in [0.29, 0.717) is 5.88 Å². The fourth-order valence-electron chi connectivity index (χ4n) is 2.36. The molecule has 0 saturated heterocycles. The molecule has 0 spiro atoms. The zero-order valence-corrected chi connectivity index (χ0v) is 10.2. The highest BCUT2D eigenvalue weighted by atomic mass is 35.5. The molecule has 0 fully saturated rings. The Morgan fingerprint density at radius 2 is 1.71 bits per heavy atom. The molecule has 1 atom stereocenters. The fourth-order valence-corrected chi connectivity index (χ4v) is 2.66. The minimum Gasteiger partial charge on any atom is -0.481 e. The molecule has 3 rings (SSSR count). The molecule has 1 heterocycles. The molecule has 1 unspecified atom stereocenters. The molecule has 2 aromatic rings. The number of hydrogen-bond donors (Lipinski definition) is 0. The van der Waals surface area contributed by atoms with Crippen LogP contribution in [0.3, 0.4) is 0 Å². The lowest BCUT2D eigenvalue weighted by molar-refractivity contribution is 0.119. The Morgan fingerprint density at radius 3 is 2.41 bits per heavy atom. The van der Waals surface area contributed by atoms with Gasteiger partial charge in [-0.25, -0.2) is 0 Å². The van der Waals surface area contributed by atoms with Gasteiger partial charge in [-0.15, -0.1) is 11.6 Å². The number of rotatable bonds is 2. The average molecular weight is 245 g/mol. The van der Waals surface area contributed by atoms with Crippen molar-refractivity contribution in [3.63, 3.8) is 0 Å². The van der Waals surface area contributed by atoms with E-state index in [2.05, 4.69) is 18.2 Å². The van der Waals surface area contributed by atoms with Gasteiger partial charge in [-0.05, 0) is 17.2 Å². The van der Waals surface area contributed by atoms with Gasteiger partial charge in [0.1, 0.15) is 5.75 Å².